The Morgan fingerprint density at radius 1 is 1.40 bits per heavy atom. The predicted octanol–water partition coefficient (Wildman–Crippen LogP) is 2.64. The highest BCUT2D eigenvalue weighted by Gasteiger charge is 2.32. The van der Waals surface area contributed by atoms with Crippen molar-refractivity contribution in [2.24, 2.45) is 5.92 Å². The summed E-state index contributed by atoms with van der Waals surface area (Å²) in [6.45, 7) is 2.17. The summed E-state index contributed by atoms with van der Waals surface area (Å²) >= 11 is 0. The molecule has 2 atom stereocenters. The van der Waals surface area contributed by atoms with Gasteiger partial charge >= 0.3 is 0 Å². The number of amides is 1. The number of carbonyl (C=O) groups excluding carboxylic acids is 1. The van der Waals surface area contributed by atoms with Gasteiger partial charge in [0.15, 0.2) is 0 Å². The molecule has 0 spiro atoms. The minimum Gasteiger partial charge on any atom is -0.388 e. The Bertz CT molecular complexity index is 486. The van der Waals surface area contributed by atoms with Gasteiger partial charge in [-0.05, 0) is 30.9 Å². The van der Waals surface area contributed by atoms with Crippen molar-refractivity contribution in [2.45, 2.75) is 38.2 Å². The summed E-state index contributed by atoms with van der Waals surface area (Å²) in [7, 11) is 0. The summed E-state index contributed by atoms with van der Waals surface area (Å²) < 4.78 is 26.1. The summed E-state index contributed by atoms with van der Waals surface area (Å²) in [6, 6.07) is 2.67. The molecule has 0 aliphatic heterocycles. The first kappa shape index (κ1) is 14.9. The summed E-state index contributed by atoms with van der Waals surface area (Å²) in [4.78, 5) is 11.9. The molecule has 0 bridgehead atoms. The molecule has 2 N–H and O–H groups in total. The third-order valence-corrected chi connectivity index (χ3v) is 3.77. The van der Waals surface area contributed by atoms with Gasteiger partial charge in [-0.25, -0.2) is 8.78 Å². The lowest BCUT2D eigenvalue weighted by Crippen LogP contribution is -2.45. The van der Waals surface area contributed by atoms with E-state index in [9.17, 15) is 18.7 Å². The maximum absolute atomic E-state index is 13.0. The van der Waals surface area contributed by atoms with Crippen LogP contribution < -0.4 is 5.32 Å². The van der Waals surface area contributed by atoms with Crippen molar-refractivity contribution in [3.8, 4) is 0 Å². The van der Waals surface area contributed by atoms with Crippen LogP contribution in [0.15, 0.2) is 18.2 Å². The van der Waals surface area contributed by atoms with Gasteiger partial charge in [0.2, 0.25) is 0 Å². The Kier molecular flexibility index (Phi) is 4.38. The molecule has 1 aromatic carbocycles. The molecule has 1 aliphatic carbocycles. The van der Waals surface area contributed by atoms with Crippen LogP contribution in [0.5, 0.6) is 0 Å². The van der Waals surface area contributed by atoms with E-state index in [-0.39, 0.29) is 12.1 Å². The highest BCUT2D eigenvalue weighted by Crippen LogP contribution is 2.31. The van der Waals surface area contributed by atoms with Crippen molar-refractivity contribution in [2.75, 3.05) is 6.54 Å². The highest BCUT2D eigenvalue weighted by atomic mass is 19.1. The third kappa shape index (κ3) is 3.76. The molecule has 5 heteroatoms. The van der Waals surface area contributed by atoms with Crippen molar-refractivity contribution in [1.82, 2.24) is 5.32 Å². The molecule has 1 aliphatic rings. The van der Waals surface area contributed by atoms with Gasteiger partial charge in [-0.1, -0.05) is 19.8 Å². The van der Waals surface area contributed by atoms with Gasteiger partial charge < -0.3 is 10.4 Å². The van der Waals surface area contributed by atoms with Crippen molar-refractivity contribution in [1.29, 1.82) is 0 Å². The first-order chi connectivity index (χ1) is 9.38. The van der Waals surface area contributed by atoms with Crippen LogP contribution in [0.1, 0.15) is 43.0 Å². The summed E-state index contributed by atoms with van der Waals surface area (Å²) in [5, 5.41) is 12.9. The monoisotopic (exact) mass is 283 g/mol. The van der Waals surface area contributed by atoms with Gasteiger partial charge in [-0.3, -0.25) is 4.79 Å². The van der Waals surface area contributed by atoms with Crippen LogP contribution in [-0.4, -0.2) is 23.2 Å². The number of nitrogens with one attached hydrogen (secondary N) is 1. The fourth-order valence-electron chi connectivity index (χ4n) is 2.82. The quantitative estimate of drug-likeness (QED) is 0.896. The Balaban J connectivity index is 1.98. The van der Waals surface area contributed by atoms with Crippen LogP contribution in [0, 0.1) is 17.6 Å². The molecule has 1 fully saturated rings. The van der Waals surface area contributed by atoms with E-state index in [2.05, 4.69) is 12.2 Å². The van der Waals surface area contributed by atoms with Crippen molar-refractivity contribution in [3.05, 3.63) is 35.4 Å². The zero-order valence-corrected chi connectivity index (χ0v) is 11.5. The molecule has 1 saturated carbocycles. The van der Waals surface area contributed by atoms with Gasteiger partial charge in [0.25, 0.3) is 5.91 Å². The second-order valence-corrected chi connectivity index (χ2v) is 5.77. The fourth-order valence-corrected chi connectivity index (χ4v) is 2.82. The number of benzene rings is 1. The molecule has 20 heavy (non-hydrogen) atoms. The zero-order chi connectivity index (χ0) is 14.8. The SMILES string of the molecule is CC1CCCC(O)(CNC(=O)c2cc(F)cc(F)c2)C1. The van der Waals surface area contributed by atoms with E-state index in [1.54, 1.807) is 0 Å². The Hall–Kier alpha value is -1.49. The van der Waals surface area contributed by atoms with Crippen molar-refractivity contribution in [3.63, 3.8) is 0 Å². The molecule has 3 nitrogen and oxygen atoms in total. The van der Waals surface area contributed by atoms with E-state index in [0.29, 0.717) is 24.8 Å². The average Bonchev–Trinajstić information content (AvgIpc) is 2.34. The van der Waals surface area contributed by atoms with Crippen LogP contribution in [0.4, 0.5) is 8.78 Å². The second-order valence-electron chi connectivity index (χ2n) is 5.77. The molecule has 2 unspecified atom stereocenters. The minimum absolute atomic E-state index is 0.0741. The number of hydrogen-bond acceptors (Lipinski definition) is 2. The topological polar surface area (TPSA) is 49.3 Å². The maximum atomic E-state index is 13.0. The molecule has 0 saturated heterocycles. The van der Waals surface area contributed by atoms with E-state index in [4.69, 9.17) is 0 Å². The second kappa shape index (κ2) is 5.87. The summed E-state index contributed by atoms with van der Waals surface area (Å²) in [5.74, 6) is -1.74. The molecule has 1 amide bonds. The lowest BCUT2D eigenvalue weighted by atomic mass is 9.79. The fraction of sp³-hybridized carbons (Fsp3) is 0.533. The average molecular weight is 283 g/mol. The molecule has 2 rings (SSSR count). The zero-order valence-electron chi connectivity index (χ0n) is 11.5. The van der Waals surface area contributed by atoms with Gasteiger partial charge in [0, 0.05) is 18.2 Å². The molecular weight excluding hydrogens is 264 g/mol. The Labute approximate surface area is 117 Å². The third-order valence-electron chi connectivity index (χ3n) is 3.77. The van der Waals surface area contributed by atoms with Gasteiger partial charge in [-0.2, -0.15) is 0 Å². The number of rotatable bonds is 3. The van der Waals surface area contributed by atoms with Crippen molar-refractivity contribution < 1.29 is 18.7 Å². The van der Waals surface area contributed by atoms with Gasteiger partial charge in [0.1, 0.15) is 11.6 Å². The first-order valence-corrected chi connectivity index (χ1v) is 6.85. The molecule has 0 heterocycles. The standard InChI is InChI=1S/C15H19F2NO2/c1-10-3-2-4-15(20,8-10)9-18-14(19)11-5-12(16)7-13(17)6-11/h5-7,10,20H,2-4,8-9H2,1H3,(H,18,19). The van der Waals surface area contributed by atoms with Crippen LogP contribution >= 0.6 is 0 Å². The van der Waals surface area contributed by atoms with Crippen LogP contribution in [0.25, 0.3) is 0 Å². The highest BCUT2D eigenvalue weighted by molar-refractivity contribution is 5.94. The number of hydrogen-bond donors (Lipinski definition) is 2. The van der Waals surface area contributed by atoms with Crippen LogP contribution in [-0.2, 0) is 0 Å². The molecule has 0 aromatic heterocycles. The number of halogens is 2. The first-order valence-electron chi connectivity index (χ1n) is 6.85. The smallest absolute Gasteiger partial charge is 0.251 e. The molecule has 110 valence electrons. The Morgan fingerprint density at radius 3 is 2.65 bits per heavy atom. The van der Waals surface area contributed by atoms with E-state index >= 15 is 0 Å². The van der Waals surface area contributed by atoms with E-state index < -0.39 is 23.1 Å². The van der Waals surface area contributed by atoms with Gasteiger partial charge in [0.05, 0.1) is 5.60 Å². The number of aliphatic hydroxyl groups is 1. The normalized spacial score (nSPS) is 26.3. The minimum atomic E-state index is -0.917. The van der Waals surface area contributed by atoms with Gasteiger partial charge in [-0.15, -0.1) is 0 Å². The maximum Gasteiger partial charge on any atom is 0.251 e. The predicted molar refractivity (Wildman–Crippen MR) is 71.3 cm³/mol. The van der Waals surface area contributed by atoms with Crippen LogP contribution in [0.3, 0.4) is 0 Å². The van der Waals surface area contributed by atoms with E-state index in [0.717, 1.165) is 25.0 Å². The van der Waals surface area contributed by atoms with E-state index in [1.165, 1.54) is 0 Å². The molecule has 1 aromatic rings. The van der Waals surface area contributed by atoms with Crippen LogP contribution in [0.2, 0.25) is 0 Å². The Morgan fingerprint density at radius 2 is 2.05 bits per heavy atom. The largest absolute Gasteiger partial charge is 0.388 e. The number of carbonyl (C=O) groups is 1. The lowest BCUT2D eigenvalue weighted by molar-refractivity contribution is -0.0109. The summed E-state index contributed by atoms with van der Waals surface area (Å²) in [6.07, 6.45) is 3.26. The van der Waals surface area contributed by atoms with E-state index in [1.807, 2.05) is 0 Å². The summed E-state index contributed by atoms with van der Waals surface area (Å²) in [5.41, 5.74) is -0.992. The van der Waals surface area contributed by atoms with Crippen molar-refractivity contribution >= 4 is 5.91 Å². The molecule has 0 radical (unpaired) electrons. The lowest BCUT2D eigenvalue weighted by Gasteiger charge is -2.35. The molecular formula is C15H19F2NO2.